The maximum absolute atomic E-state index is 12.4. The van der Waals surface area contributed by atoms with Gasteiger partial charge >= 0.3 is 0 Å². The van der Waals surface area contributed by atoms with E-state index in [0.29, 0.717) is 24.8 Å². The van der Waals surface area contributed by atoms with Crippen molar-refractivity contribution in [2.24, 2.45) is 5.92 Å². The van der Waals surface area contributed by atoms with Gasteiger partial charge in [-0.05, 0) is 20.3 Å². The lowest BCUT2D eigenvalue weighted by atomic mass is 10.0. The minimum atomic E-state index is -3.02. The summed E-state index contributed by atoms with van der Waals surface area (Å²) in [6.07, 6.45) is 0.420. The third-order valence-electron chi connectivity index (χ3n) is 3.55. The molecule has 7 heteroatoms. The Kier molecular flexibility index (Phi) is 4.28. The van der Waals surface area contributed by atoms with Crippen LogP contribution < -0.4 is 0 Å². The van der Waals surface area contributed by atoms with Crippen molar-refractivity contribution in [3.05, 3.63) is 0 Å². The molecule has 0 saturated carbocycles. The number of amides is 1. The van der Waals surface area contributed by atoms with Crippen molar-refractivity contribution in [3.63, 3.8) is 0 Å². The van der Waals surface area contributed by atoms with Crippen molar-refractivity contribution in [2.45, 2.75) is 32.0 Å². The van der Waals surface area contributed by atoms with Gasteiger partial charge in [0.05, 0.1) is 29.1 Å². The van der Waals surface area contributed by atoms with E-state index in [-0.39, 0.29) is 35.0 Å². The van der Waals surface area contributed by atoms with E-state index in [2.05, 4.69) is 15.9 Å². The molecule has 2 atom stereocenters. The van der Waals surface area contributed by atoms with E-state index in [0.717, 1.165) is 0 Å². The molecule has 0 spiro atoms. The van der Waals surface area contributed by atoms with Gasteiger partial charge in [0.1, 0.15) is 0 Å². The minimum Gasteiger partial charge on any atom is -0.368 e. The second-order valence-corrected chi connectivity index (χ2v) is 8.85. The standard InChI is InChI=1S/C12H20BrNO4S/c1-12(2)8-14(6-10(5-13)18-12)11(15)9-3-4-19(16,17)7-9/h9-10H,3-8H2,1-2H3. The fourth-order valence-electron chi connectivity index (χ4n) is 2.79. The molecule has 1 amide bonds. The maximum Gasteiger partial charge on any atom is 0.226 e. The summed E-state index contributed by atoms with van der Waals surface area (Å²) in [4.78, 5) is 14.2. The van der Waals surface area contributed by atoms with E-state index in [9.17, 15) is 13.2 Å². The Labute approximate surface area is 122 Å². The summed E-state index contributed by atoms with van der Waals surface area (Å²) in [5.41, 5.74) is -0.385. The Morgan fingerprint density at radius 1 is 1.47 bits per heavy atom. The fourth-order valence-corrected chi connectivity index (χ4v) is 4.86. The predicted octanol–water partition coefficient (Wildman–Crippen LogP) is 0.822. The first kappa shape index (κ1) is 15.3. The number of halogens is 1. The Morgan fingerprint density at radius 3 is 2.68 bits per heavy atom. The van der Waals surface area contributed by atoms with Gasteiger partial charge in [-0.15, -0.1) is 0 Å². The Bertz CT molecular complexity index is 462. The van der Waals surface area contributed by atoms with Crippen molar-refractivity contribution < 1.29 is 17.9 Å². The highest BCUT2D eigenvalue weighted by atomic mass is 79.9. The smallest absolute Gasteiger partial charge is 0.226 e. The van der Waals surface area contributed by atoms with Crippen molar-refractivity contribution in [1.82, 2.24) is 4.90 Å². The van der Waals surface area contributed by atoms with Crippen LogP contribution in [0.4, 0.5) is 0 Å². The quantitative estimate of drug-likeness (QED) is 0.689. The molecule has 2 saturated heterocycles. The number of morpholine rings is 1. The molecule has 2 unspecified atom stereocenters. The number of hydrogen-bond acceptors (Lipinski definition) is 4. The van der Waals surface area contributed by atoms with Crippen LogP contribution in [0.3, 0.4) is 0 Å². The van der Waals surface area contributed by atoms with Crippen molar-refractivity contribution in [3.8, 4) is 0 Å². The van der Waals surface area contributed by atoms with Gasteiger partial charge in [0.25, 0.3) is 0 Å². The van der Waals surface area contributed by atoms with Crippen LogP contribution in [-0.4, -0.2) is 60.9 Å². The molecule has 2 rings (SSSR count). The van der Waals surface area contributed by atoms with Crippen LogP contribution in [0.15, 0.2) is 0 Å². The molecule has 110 valence electrons. The zero-order valence-electron chi connectivity index (χ0n) is 11.3. The Balaban J connectivity index is 2.06. The van der Waals surface area contributed by atoms with Gasteiger partial charge in [-0.2, -0.15) is 0 Å². The number of rotatable bonds is 2. The van der Waals surface area contributed by atoms with Crippen LogP contribution in [0.5, 0.6) is 0 Å². The van der Waals surface area contributed by atoms with Gasteiger partial charge in [-0.25, -0.2) is 8.42 Å². The molecule has 5 nitrogen and oxygen atoms in total. The van der Waals surface area contributed by atoms with Gasteiger partial charge < -0.3 is 9.64 Å². The molecule has 2 aliphatic rings. The lowest BCUT2D eigenvalue weighted by Gasteiger charge is -2.43. The van der Waals surface area contributed by atoms with Gasteiger partial charge in [-0.1, -0.05) is 15.9 Å². The number of carbonyl (C=O) groups excluding carboxylic acids is 1. The monoisotopic (exact) mass is 353 g/mol. The van der Waals surface area contributed by atoms with E-state index in [1.54, 1.807) is 4.90 Å². The molecule has 0 bridgehead atoms. The highest BCUT2D eigenvalue weighted by Crippen LogP contribution is 2.26. The largest absolute Gasteiger partial charge is 0.368 e. The summed E-state index contributed by atoms with van der Waals surface area (Å²) in [6.45, 7) is 4.96. The normalized spacial score (nSPS) is 33.3. The summed E-state index contributed by atoms with van der Waals surface area (Å²) >= 11 is 3.38. The Hall–Kier alpha value is -0.140. The molecule has 0 aliphatic carbocycles. The summed E-state index contributed by atoms with van der Waals surface area (Å²) in [5, 5.41) is 0.670. The zero-order chi connectivity index (χ0) is 14.3. The first-order chi connectivity index (χ1) is 8.72. The molecule has 0 N–H and O–H groups in total. The molecule has 2 fully saturated rings. The van der Waals surface area contributed by atoms with Crippen LogP contribution in [0.25, 0.3) is 0 Å². The van der Waals surface area contributed by atoms with Crippen LogP contribution in [-0.2, 0) is 19.4 Å². The molecular formula is C12H20BrNO4S. The summed E-state index contributed by atoms with van der Waals surface area (Å²) in [5.74, 6) is -0.264. The lowest BCUT2D eigenvalue weighted by molar-refractivity contribution is -0.160. The van der Waals surface area contributed by atoms with Crippen molar-refractivity contribution >= 4 is 31.7 Å². The number of hydrogen-bond donors (Lipinski definition) is 0. The summed E-state index contributed by atoms with van der Waals surface area (Å²) in [6, 6.07) is 0. The molecule has 0 radical (unpaired) electrons. The zero-order valence-corrected chi connectivity index (χ0v) is 13.7. The second kappa shape index (κ2) is 5.33. The van der Waals surface area contributed by atoms with E-state index < -0.39 is 9.84 Å². The van der Waals surface area contributed by atoms with Crippen molar-refractivity contribution in [1.29, 1.82) is 0 Å². The summed E-state index contributed by atoms with van der Waals surface area (Å²) in [7, 11) is -3.02. The predicted molar refractivity (Wildman–Crippen MR) is 76.1 cm³/mol. The molecule has 19 heavy (non-hydrogen) atoms. The number of ether oxygens (including phenoxy) is 1. The van der Waals surface area contributed by atoms with Crippen molar-refractivity contribution in [2.75, 3.05) is 29.9 Å². The first-order valence-corrected chi connectivity index (χ1v) is 9.40. The number of nitrogens with zero attached hydrogens (tertiary/aromatic N) is 1. The van der Waals surface area contributed by atoms with E-state index in [4.69, 9.17) is 4.74 Å². The van der Waals surface area contributed by atoms with E-state index in [1.165, 1.54) is 0 Å². The third-order valence-corrected chi connectivity index (χ3v) is 6.04. The van der Waals surface area contributed by atoms with E-state index >= 15 is 0 Å². The number of sulfone groups is 1. The lowest BCUT2D eigenvalue weighted by Crippen LogP contribution is -2.56. The topological polar surface area (TPSA) is 63.7 Å². The highest BCUT2D eigenvalue weighted by molar-refractivity contribution is 9.09. The molecule has 0 aromatic heterocycles. The maximum atomic E-state index is 12.4. The number of alkyl halides is 1. The van der Waals surface area contributed by atoms with Gasteiger partial charge in [0, 0.05) is 18.4 Å². The fraction of sp³-hybridized carbons (Fsp3) is 0.917. The molecular weight excluding hydrogens is 334 g/mol. The van der Waals surface area contributed by atoms with Gasteiger partial charge in [0.15, 0.2) is 9.84 Å². The molecule has 2 aliphatic heterocycles. The first-order valence-electron chi connectivity index (χ1n) is 6.45. The summed E-state index contributed by atoms with van der Waals surface area (Å²) < 4.78 is 28.8. The SMILES string of the molecule is CC1(C)CN(C(=O)C2CCS(=O)(=O)C2)CC(CBr)O1. The molecule has 0 aromatic rings. The van der Waals surface area contributed by atoms with Crippen LogP contribution in [0, 0.1) is 5.92 Å². The van der Waals surface area contributed by atoms with Crippen LogP contribution >= 0.6 is 15.9 Å². The molecule has 0 aromatic carbocycles. The second-order valence-electron chi connectivity index (χ2n) is 5.97. The average Bonchev–Trinajstić information content (AvgIpc) is 2.66. The number of carbonyl (C=O) groups is 1. The van der Waals surface area contributed by atoms with Crippen LogP contribution in [0.2, 0.25) is 0 Å². The van der Waals surface area contributed by atoms with Crippen LogP contribution in [0.1, 0.15) is 20.3 Å². The Morgan fingerprint density at radius 2 is 2.16 bits per heavy atom. The average molecular weight is 354 g/mol. The minimum absolute atomic E-state index is 0.00258. The highest BCUT2D eigenvalue weighted by Gasteiger charge is 2.40. The van der Waals surface area contributed by atoms with Gasteiger partial charge in [0.2, 0.25) is 5.91 Å². The third kappa shape index (κ3) is 3.70. The van der Waals surface area contributed by atoms with Gasteiger partial charge in [-0.3, -0.25) is 4.79 Å². The van der Waals surface area contributed by atoms with E-state index in [1.807, 2.05) is 13.8 Å². The molecule has 2 heterocycles.